The summed E-state index contributed by atoms with van der Waals surface area (Å²) in [6.07, 6.45) is 1.83. The third-order valence-corrected chi connectivity index (χ3v) is 3.06. The van der Waals surface area contributed by atoms with Crippen molar-refractivity contribution in [1.82, 2.24) is 4.90 Å². The normalized spacial score (nSPS) is 26.5. The first-order valence-electron chi connectivity index (χ1n) is 6.72. The van der Waals surface area contributed by atoms with Crippen LogP contribution in [0, 0.1) is 11.8 Å². The van der Waals surface area contributed by atoms with Gasteiger partial charge in [0.15, 0.2) is 0 Å². The highest BCUT2D eigenvalue weighted by Crippen LogP contribution is 2.23. The van der Waals surface area contributed by atoms with Gasteiger partial charge in [-0.2, -0.15) is 0 Å². The quantitative estimate of drug-likeness (QED) is 0.667. The van der Waals surface area contributed by atoms with Gasteiger partial charge in [0.05, 0.1) is 0 Å². The van der Waals surface area contributed by atoms with Gasteiger partial charge in [-0.15, -0.1) is 0 Å². The summed E-state index contributed by atoms with van der Waals surface area (Å²) in [4.78, 5) is 25.3. The molecule has 0 N–H and O–H groups in total. The van der Waals surface area contributed by atoms with Gasteiger partial charge in [-0.3, -0.25) is 4.79 Å². The Morgan fingerprint density at radius 3 is 2.44 bits per heavy atom. The Morgan fingerprint density at radius 2 is 1.89 bits per heavy atom. The molecule has 4 heteroatoms. The first-order chi connectivity index (χ1) is 8.19. The van der Waals surface area contributed by atoms with Crippen LogP contribution < -0.4 is 0 Å². The number of nitrogens with zero attached hydrogens (tertiary/aromatic N) is 1. The number of hydrogen-bond acceptors (Lipinski definition) is 3. The maximum absolute atomic E-state index is 12.0. The number of ether oxygens (including phenoxy) is 1. The third-order valence-electron chi connectivity index (χ3n) is 3.06. The zero-order valence-corrected chi connectivity index (χ0v) is 12.2. The smallest absolute Gasteiger partial charge is 0.417 e. The van der Waals surface area contributed by atoms with Crippen LogP contribution >= 0.6 is 0 Å². The minimum atomic E-state index is -0.559. The van der Waals surface area contributed by atoms with Crippen molar-refractivity contribution in [3.8, 4) is 0 Å². The van der Waals surface area contributed by atoms with Crippen molar-refractivity contribution in [2.75, 3.05) is 6.54 Å². The van der Waals surface area contributed by atoms with Crippen molar-refractivity contribution in [3.63, 3.8) is 0 Å². The van der Waals surface area contributed by atoms with E-state index in [2.05, 4.69) is 13.8 Å². The maximum atomic E-state index is 12.0. The molecule has 0 aromatic heterocycles. The van der Waals surface area contributed by atoms with Gasteiger partial charge in [0.25, 0.3) is 0 Å². The second kappa shape index (κ2) is 5.72. The molecule has 1 saturated heterocycles. The number of carbonyl (C=O) groups excluding carboxylic acids is 2. The van der Waals surface area contributed by atoms with Crippen LogP contribution in [-0.4, -0.2) is 29.0 Å². The highest BCUT2D eigenvalue weighted by molar-refractivity contribution is 5.92. The molecule has 0 spiro atoms. The van der Waals surface area contributed by atoms with Crippen LogP contribution in [0.1, 0.15) is 53.9 Å². The van der Waals surface area contributed by atoms with E-state index in [9.17, 15) is 9.59 Å². The van der Waals surface area contributed by atoms with E-state index < -0.39 is 11.7 Å². The van der Waals surface area contributed by atoms with Crippen molar-refractivity contribution >= 4 is 12.0 Å². The first kappa shape index (κ1) is 15.0. The molecule has 4 nitrogen and oxygen atoms in total. The molecule has 18 heavy (non-hydrogen) atoms. The molecule has 0 radical (unpaired) electrons. The zero-order chi connectivity index (χ0) is 13.9. The Kier molecular flexibility index (Phi) is 4.77. The molecular weight excluding hydrogens is 230 g/mol. The molecule has 1 aliphatic rings. The highest BCUT2D eigenvalue weighted by Gasteiger charge is 2.30. The molecule has 0 aromatic carbocycles. The minimum absolute atomic E-state index is 0.109. The Hall–Kier alpha value is -1.06. The van der Waals surface area contributed by atoms with Gasteiger partial charge in [0.1, 0.15) is 5.60 Å². The number of hydrogen-bond donors (Lipinski definition) is 0. The molecule has 1 heterocycles. The van der Waals surface area contributed by atoms with E-state index in [1.165, 1.54) is 4.90 Å². The van der Waals surface area contributed by atoms with Crippen LogP contribution in [0.15, 0.2) is 0 Å². The predicted molar refractivity (Wildman–Crippen MR) is 70.1 cm³/mol. The lowest BCUT2D eigenvalue weighted by molar-refractivity contribution is -0.132. The van der Waals surface area contributed by atoms with Crippen LogP contribution in [0.2, 0.25) is 0 Å². The van der Waals surface area contributed by atoms with E-state index >= 15 is 0 Å². The summed E-state index contributed by atoms with van der Waals surface area (Å²) in [7, 11) is 0. The lowest BCUT2D eigenvalue weighted by atomic mass is 9.91. The topological polar surface area (TPSA) is 46.6 Å². The van der Waals surface area contributed by atoms with Crippen LogP contribution in [0.25, 0.3) is 0 Å². The number of carbonyl (C=O) groups is 2. The SMILES string of the molecule is CC1CCC(=O)N(C(=O)OC(C)(C)C)CC(C)C1. The second-order valence-electron chi connectivity index (χ2n) is 6.47. The summed E-state index contributed by atoms with van der Waals surface area (Å²) >= 11 is 0. The van der Waals surface area contributed by atoms with Gasteiger partial charge in [0, 0.05) is 13.0 Å². The summed E-state index contributed by atoms with van der Waals surface area (Å²) < 4.78 is 5.29. The fraction of sp³-hybridized carbons (Fsp3) is 0.857. The van der Waals surface area contributed by atoms with Crippen molar-refractivity contribution in [2.24, 2.45) is 11.8 Å². The molecule has 0 saturated carbocycles. The summed E-state index contributed by atoms with van der Waals surface area (Å²) in [5.41, 5.74) is -0.559. The molecule has 2 atom stereocenters. The van der Waals surface area contributed by atoms with Gasteiger partial charge < -0.3 is 4.74 Å². The molecule has 1 fully saturated rings. The average molecular weight is 255 g/mol. The van der Waals surface area contributed by atoms with Gasteiger partial charge in [0.2, 0.25) is 5.91 Å². The van der Waals surface area contributed by atoms with E-state index in [1.54, 1.807) is 0 Å². The van der Waals surface area contributed by atoms with Crippen molar-refractivity contribution in [1.29, 1.82) is 0 Å². The molecule has 0 bridgehead atoms. The summed E-state index contributed by atoms with van der Waals surface area (Å²) in [6.45, 7) is 10.1. The van der Waals surface area contributed by atoms with Gasteiger partial charge in [-0.1, -0.05) is 13.8 Å². The Labute approximate surface area is 110 Å². The lowest BCUT2D eigenvalue weighted by Crippen LogP contribution is -2.44. The van der Waals surface area contributed by atoms with Gasteiger partial charge in [-0.05, 0) is 45.4 Å². The molecule has 1 aliphatic heterocycles. The number of amides is 2. The Morgan fingerprint density at radius 1 is 1.28 bits per heavy atom. The average Bonchev–Trinajstić information content (AvgIpc) is 2.18. The molecule has 0 aliphatic carbocycles. The number of rotatable bonds is 0. The first-order valence-corrected chi connectivity index (χ1v) is 6.72. The van der Waals surface area contributed by atoms with Crippen molar-refractivity contribution in [2.45, 2.75) is 59.5 Å². The van der Waals surface area contributed by atoms with Crippen LogP contribution in [-0.2, 0) is 9.53 Å². The molecular formula is C14H25NO3. The largest absolute Gasteiger partial charge is 0.443 e. The van der Waals surface area contributed by atoms with E-state index in [0.717, 1.165) is 12.8 Å². The van der Waals surface area contributed by atoms with Crippen LogP contribution in [0.5, 0.6) is 0 Å². The predicted octanol–water partition coefficient (Wildman–Crippen LogP) is 3.21. The molecule has 2 unspecified atom stereocenters. The molecule has 2 amide bonds. The van der Waals surface area contributed by atoms with Crippen molar-refractivity contribution < 1.29 is 14.3 Å². The van der Waals surface area contributed by atoms with Gasteiger partial charge in [-0.25, -0.2) is 9.69 Å². The summed E-state index contributed by atoms with van der Waals surface area (Å²) in [5.74, 6) is 0.768. The zero-order valence-electron chi connectivity index (χ0n) is 12.2. The summed E-state index contributed by atoms with van der Waals surface area (Å²) in [5, 5.41) is 0. The summed E-state index contributed by atoms with van der Waals surface area (Å²) in [6, 6.07) is 0. The minimum Gasteiger partial charge on any atom is -0.443 e. The third kappa shape index (κ3) is 4.67. The van der Waals surface area contributed by atoms with Crippen LogP contribution in [0.3, 0.4) is 0 Å². The van der Waals surface area contributed by atoms with E-state index in [1.807, 2.05) is 20.8 Å². The molecule has 1 rings (SSSR count). The van der Waals surface area contributed by atoms with E-state index in [4.69, 9.17) is 4.74 Å². The number of imide groups is 1. The Bertz CT molecular complexity index is 319. The second-order valence-corrected chi connectivity index (χ2v) is 6.47. The highest BCUT2D eigenvalue weighted by atomic mass is 16.6. The maximum Gasteiger partial charge on any atom is 0.417 e. The fourth-order valence-electron chi connectivity index (χ4n) is 2.29. The van der Waals surface area contributed by atoms with Gasteiger partial charge >= 0.3 is 6.09 Å². The van der Waals surface area contributed by atoms with E-state index in [0.29, 0.717) is 24.8 Å². The lowest BCUT2D eigenvalue weighted by Gasteiger charge is -2.31. The van der Waals surface area contributed by atoms with Crippen molar-refractivity contribution in [3.05, 3.63) is 0 Å². The van der Waals surface area contributed by atoms with Crippen LogP contribution in [0.4, 0.5) is 4.79 Å². The van der Waals surface area contributed by atoms with E-state index in [-0.39, 0.29) is 5.91 Å². The fourth-order valence-corrected chi connectivity index (χ4v) is 2.29. The molecule has 0 aromatic rings. The molecule has 104 valence electrons. The monoisotopic (exact) mass is 255 g/mol. The number of likely N-dealkylation sites (tertiary alicyclic amines) is 1. The Balaban J connectivity index is 2.72. The standard InChI is InChI=1S/C14H25NO3/c1-10-6-7-12(16)15(9-11(2)8-10)13(17)18-14(3,4)5/h10-11H,6-9H2,1-5H3.